The summed E-state index contributed by atoms with van der Waals surface area (Å²) in [6, 6.07) is 60.4. The van der Waals surface area contributed by atoms with Gasteiger partial charge >= 0.3 is 0 Å². The molecule has 0 bridgehead atoms. The van der Waals surface area contributed by atoms with E-state index < -0.39 is 0 Å². The van der Waals surface area contributed by atoms with Gasteiger partial charge in [0.1, 0.15) is 0 Å². The predicted octanol–water partition coefficient (Wildman–Crippen LogP) is 14.5. The summed E-state index contributed by atoms with van der Waals surface area (Å²) in [6.45, 7) is 4.30. The summed E-state index contributed by atoms with van der Waals surface area (Å²) < 4.78 is 2.67. The van der Waals surface area contributed by atoms with Crippen LogP contribution in [0.4, 0.5) is 0 Å². The summed E-state index contributed by atoms with van der Waals surface area (Å²) in [5.41, 5.74) is 12.6. The minimum absolute atomic E-state index is 1.22. The maximum atomic E-state index is 2.42. The fourth-order valence-corrected chi connectivity index (χ4v) is 8.71. The molecule has 9 rings (SSSR count). The Morgan fingerprint density at radius 3 is 1.71 bits per heavy atom. The van der Waals surface area contributed by atoms with Crippen LogP contribution in [0.3, 0.4) is 0 Å². The lowest BCUT2D eigenvalue weighted by atomic mass is 9.85. The summed E-state index contributed by atoms with van der Waals surface area (Å²) in [5, 5.41) is 7.75. The molecule has 9 aromatic rings. The smallest absolute Gasteiger partial charge is 0.0433 e. The van der Waals surface area contributed by atoms with Crippen LogP contribution in [-0.4, -0.2) is 0 Å². The summed E-state index contributed by atoms with van der Waals surface area (Å²) in [7, 11) is 0. The first kappa shape index (κ1) is 29.4. The van der Waals surface area contributed by atoms with E-state index in [1.165, 1.54) is 97.4 Å². The molecule has 0 fully saturated rings. The third kappa shape index (κ3) is 4.98. The van der Waals surface area contributed by atoms with Crippen molar-refractivity contribution < 1.29 is 0 Å². The number of fused-ring (bicyclic) bond motifs is 5. The molecule has 0 N–H and O–H groups in total. The first-order valence-electron chi connectivity index (χ1n) is 17.0. The van der Waals surface area contributed by atoms with Gasteiger partial charge in [-0.05, 0) is 115 Å². The molecule has 49 heavy (non-hydrogen) atoms. The Balaban J connectivity index is 1.25. The second-order valence-electron chi connectivity index (χ2n) is 12.8. The number of benzene rings is 8. The zero-order chi connectivity index (χ0) is 32.9. The molecule has 1 aromatic heterocycles. The van der Waals surface area contributed by atoms with Gasteiger partial charge in [-0.2, -0.15) is 0 Å². The SMILES string of the molecule is C/C=C(\C)c1ccc2sc3c(-c4cccc(-c5ccc6c(-c7ccccc7)c7ccccc7c(-c7ccccc7)c6c5)c4)cccc3c2c1. The molecular formula is C48H34S. The standard InChI is InChI=1S/C48H34S/c1-3-31(2)34-25-27-45-43(29-34)42-23-13-22-38(48(42)49-45)37-19-12-18-35(28-37)36-24-26-41-44(30-36)47(33-16-8-5-9-17-33)40-21-11-10-20-39(40)46(41)32-14-6-4-7-15-32/h3-30H,1-2H3/b31-3+. The Morgan fingerprint density at radius 2 is 1.00 bits per heavy atom. The Bertz CT molecular complexity index is 2710. The molecule has 0 radical (unpaired) electrons. The highest BCUT2D eigenvalue weighted by Crippen LogP contribution is 2.46. The maximum absolute atomic E-state index is 2.42. The van der Waals surface area contributed by atoms with Gasteiger partial charge in [-0.15, -0.1) is 11.3 Å². The molecule has 0 aliphatic rings. The van der Waals surface area contributed by atoms with Crippen molar-refractivity contribution >= 4 is 58.6 Å². The molecule has 0 saturated carbocycles. The van der Waals surface area contributed by atoms with Crippen LogP contribution in [0.5, 0.6) is 0 Å². The molecule has 0 unspecified atom stereocenters. The number of thiophene rings is 1. The predicted molar refractivity (Wildman–Crippen MR) is 215 cm³/mol. The van der Waals surface area contributed by atoms with E-state index >= 15 is 0 Å². The van der Waals surface area contributed by atoms with Crippen LogP contribution in [0.2, 0.25) is 0 Å². The van der Waals surface area contributed by atoms with Crippen LogP contribution in [0.25, 0.3) is 91.8 Å². The van der Waals surface area contributed by atoms with E-state index in [1.54, 1.807) is 0 Å². The zero-order valence-electron chi connectivity index (χ0n) is 27.6. The fraction of sp³-hybridized carbons (Fsp3) is 0.0417. The van der Waals surface area contributed by atoms with Crippen LogP contribution in [0.1, 0.15) is 19.4 Å². The zero-order valence-corrected chi connectivity index (χ0v) is 28.4. The average Bonchev–Trinajstić information content (AvgIpc) is 3.55. The van der Waals surface area contributed by atoms with Crippen molar-refractivity contribution in [3.05, 3.63) is 175 Å². The van der Waals surface area contributed by atoms with Crippen molar-refractivity contribution in [3.63, 3.8) is 0 Å². The number of rotatable bonds is 5. The Morgan fingerprint density at radius 1 is 0.429 bits per heavy atom. The van der Waals surface area contributed by atoms with Gasteiger partial charge < -0.3 is 0 Å². The molecule has 0 spiro atoms. The highest BCUT2D eigenvalue weighted by molar-refractivity contribution is 7.26. The van der Waals surface area contributed by atoms with Crippen molar-refractivity contribution in [2.45, 2.75) is 13.8 Å². The third-order valence-corrected chi connectivity index (χ3v) is 11.3. The lowest BCUT2D eigenvalue weighted by Crippen LogP contribution is -1.91. The third-order valence-electron chi connectivity index (χ3n) is 10.0. The molecule has 0 aliphatic heterocycles. The minimum atomic E-state index is 1.22. The van der Waals surface area contributed by atoms with Crippen LogP contribution in [0, 0.1) is 0 Å². The van der Waals surface area contributed by atoms with Crippen LogP contribution >= 0.6 is 11.3 Å². The lowest BCUT2D eigenvalue weighted by molar-refractivity contribution is 1.58. The van der Waals surface area contributed by atoms with E-state index in [4.69, 9.17) is 0 Å². The molecule has 1 heterocycles. The van der Waals surface area contributed by atoms with Crippen LogP contribution in [0.15, 0.2) is 170 Å². The van der Waals surface area contributed by atoms with Crippen LogP contribution in [-0.2, 0) is 0 Å². The van der Waals surface area contributed by atoms with Crippen molar-refractivity contribution in [1.29, 1.82) is 0 Å². The normalized spacial score (nSPS) is 12.0. The number of hydrogen-bond donors (Lipinski definition) is 0. The lowest BCUT2D eigenvalue weighted by Gasteiger charge is -2.19. The van der Waals surface area contributed by atoms with Gasteiger partial charge in [0.25, 0.3) is 0 Å². The van der Waals surface area contributed by atoms with Crippen molar-refractivity contribution in [1.82, 2.24) is 0 Å². The van der Waals surface area contributed by atoms with Gasteiger partial charge in [0.15, 0.2) is 0 Å². The first-order valence-corrected chi connectivity index (χ1v) is 17.8. The van der Waals surface area contributed by atoms with Crippen molar-refractivity contribution in [2.24, 2.45) is 0 Å². The van der Waals surface area contributed by atoms with E-state index in [1.807, 2.05) is 11.3 Å². The number of hydrogen-bond acceptors (Lipinski definition) is 1. The summed E-state index contributed by atoms with van der Waals surface area (Å²) >= 11 is 1.90. The first-order chi connectivity index (χ1) is 24.2. The largest absolute Gasteiger partial charge is 0.135 e. The maximum Gasteiger partial charge on any atom is 0.0433 e. The van der Waals surface area contributed by atoms with Gasteiger partial charge in [-0.25, -0.2) is 0 Å². The molecule has 0 aliphatic carbocycles. The van der Waals surface area contributed by atoms with Gasteiger partial charge in [-0.3, -0.25) is 0 Å². The molecule has 1 heteroatoms. The highest BCUT2D eigenvalue weighted by Gasteiger charge is 2.18. The molecule has 0 amide bonds. The molecule has 0 atom stereocenters. The van der Waals surface area contributed by atoms with E-state index in [0.29, 0.717) is 0 Å². The number of allylic oxidation sites excluding steroid dienone is 2. The van der Waals surface area contributed by atoms with E-state index in [9.17, 15) is 0 Å². The Hall–Kier alpha value is -5.76. The second-order valence-corrected chi connectivity index (χ2v) is 13.9. The highest BCUT2D eigenvalue weighted by atomic mass is 32.1. The topological polar surface area (TPSA) is 0 Å². The molecule has 0 saturated heterocycles. The summed E-state index contributed by atoms with van der Waals surface area (Å²) in [6.07, 6.45) is 2.19. The molecule has 0 nitrogen and oxygen atoms in total. The van der Waals surface area contributed by atoms with Crippen molar-refractivity contribution in [3.8, 4) is 44.5 Å². The molecular weight excluding hydrogens is 609 g/mol. The van der Waals surface area contributed by atoms with Gasteiger partial charge in [-0.1, -0.05) is 146 Å². The molecule has 232 valence electrons. The van der Waals surface area contributed by atoms with Gasteiger partial charge in [0.2, 0.25) is 0 Å². The summed E-state index contributed by atoms with van der Waals surface area (Å²) in [5.74, 6) is 0. The van der Waals surface area contributed by atoms with Crippen LogP contribution < -0.4 is 0 Å². The van der Waals surface area contributed by atoms with Crippen molar-refractivity contribution in [2.75, 3.05) is 0 Å². The quantitative estimate of drug-likeness (QED) is 0.164. The minimum Gasteiger partial charge on any atom is -0.135 e. The van der Waals surface area contributed by atoms with E-state index in [2.05, 4.69) is 184 Å². The summed E-state index contributed by atoms with van der Waals surface area (Å²) in [4.78, 5) is 0. The van der Waals surface area contributed by atoms with E-state index in [0.717, 1.165) is 0 Å². The Kier molecular flexibility index (Phi) is 7.22. The average molecular weight is 643 g/mol. The second kappa shape index (κ2) is 12.0. The molecule has 8 aromatic carbocycles. The fourth-order valence-electron chi connectivity index (χ4n) is 7.49. The Labute approximate surface area is 291 Å². The van der Waals surface area contributed by atoms with Gasteiger partial charge in [0, 0.05) is 20.2 Å². The van der Waals surface area contributed by atoms with Gasteiger partial charge in [0.05, 0.1) is 0 Å². The van der Waals surface area contributed by atoms with E-state index in [-0.39, 0.29) is 0 Å². The monoisotopic (exact) mass is 642 g/mol.